The van der Waals surface area contributed by atoms with Crippen molar-refractivity contribution in [3.8, 4) is 17.0 Å². The molecule has 0 radical (unpaired) electrons. The molecule has 2 aromatic heterocycles. The van der Waals surface area contributed by atoms with E-state index in [0.717, 1.165) is 0 Å². The predicted octanol–water partition coefficient (Wildman–Crippen LogP) is 3.26. The monoisotopic (exact) mass is 402 g/mol. The maximum absolute atomic E-state index is 12.9. The van der Waals surface area contributed by atoms with Gasteiger partial charge in [-0.25, -0.2) is 4.98 Å². The van der Waals surface area contributed by atoms with Crippen LogP contribution in [0, 0.1) is 0 Å². The summed E-state index contributed by atoms with van der Waals surface area (Å²) in [6, 6.07) is 9.69. The molecule has 3 N–H and O–H groups in total. The Balaban J connectivity index is 2.13. The number of carbonyl (C=O) groups is 1. The van der Waals surface area contributed by atoms with E-state index < -0.39 is 11.5 Å². The molecule has 0 saturated carbocycles. The summed E-state index contributed by atoms with van der Waals surface area (Å²) in [6.07, 6.45) is 0. The number of nitrogens with one attached hydrogen (secondary N) is 1. The van der Waals surface area contributed by atoms with E-state index in [-0.39, 0.29) is 16.9 Å². The number of primary amides is 1. The van der Waals surface area contributed by atoms with Gasteiger partial charge in [0, 0.05) is 10.6 Å². The van der Waals surface area contributed by atoms with Crippen LogP contribution in [0.2, 0.25) is 10.0 Å². The summed E-state index contributed by atoms with van der Waals surface area (Å²) in [4.78, 5) is 29.5. The van der Waals surface area contributed by atoms with Gasteiger partial charge in [-0.05, 0) is 36.4 Å². The molecule has 2 heterocycles. The zero-order chi connectivity index (χ0) is 19.3. The highest BCUT2D eigenvalue weighted by Crippen LogP contribution is 2.33. The largest absolute Gasteiger partial charge is 0.497 e. The van der Waals surface area contributed by atoms with Gasteiger partial charge in [-0.15, -0.1) is 0 Å². The molecule has 0 saturated heterocycles. The van der Waals surface area contributed by atoms with Gasteiger partial charge in [0.15, 0.2) is 5.65 Å². The van der Waals surface area contributed by atoms with Gasteiger partial charge >= 0.3 is 0 Å². The van der Waals surface area contributed by atoms with Gasteiger partial charge in [-0.1, -0.05) is 23.2 Å². The number of carbonyl (C=O) groups excluding carboxylic acids is 1. The number of rotatable bonds is 3. The second-order valence-corrected chi connectivity index (χ2v) is 6.65. The molecule has 136 valence electrons. The van der Waals surface area contributed by atoms with Crippen LogP contribution >= 0.6 is 23.2 Å². The highest BCUT2D eigenvalue weighted by molar-refractivity contribution is 6.36. The Morgan fingerprint density at radius 2 is 2.00 bits per heavy atom. The molecule has 4 aromatic rings. The lowest BCUT2D eigenvalue weighted by atomic mass is 10.1. The summed E-state index contributed by atoms with van der Waals surface area (Å²) in [5.41, 5.74) is 6.54. The Hall–Kier alpha value is -3.03. The fourth-order valence-electron chi connectivity index (χ4n) is 2.96. The molecule has 0 aliphatic carbocycles. The third-order valence-corrected chi connectivity index (χ3v) is 4.77. The molecule has 0 fully saturated rings. The highest BCUT2D eigenvalue weighted by Gasteiger charge is 2.23. The van der Waals surface area contributed by atoms with Crippen molar-refractivity contribution in [1.82, 2.24) is 14.6 Å². The van der Waals surface area contributed by atoms with Crippen LogP contribution in [0.3, 0.4) is 0 Å². The summed E-state index contributed by atoms with van der Waals surface area (Å²) in [7, 11) is 1.51. The average molecular weight is 403 g/mol. The van der Waals surface area contributed by atoms with Crippen LogP contribution in [0.25, 0.3) is 27.8 Å². The zero-order valence-corrected chi connectivity index (χ0v) is 15.4. The summed E-state index contributed by atoms with van der Waals surface area (Å²) in [5.74, 6) is -0.224. The van der Waals surface area contributed by atoms with Crippen molar-refractivity contribution in [3.63, 3.8) is 0 Å². The number of aromatic nitrogens is 3. The molecule has 0 bridgehead atoms. The first-order valence-electron chi connectivity index (χ1n) is 7.78. The van der Waals surface area contributed by atoms with Gasteiger partial charge in [-0.2, -0.15) is 4.52 Å². The number of methoxy groups -OCH3 is 1. The van der Waals surface area contributed by atoms with E-state index in [1.807, 2.05) is 0 Å². The van der Waals surface area contributed by atoms with Crippen molar-refractivity contribution in [1.29, 1.82) is 0 Å². The van der Waals surface area contributed by atoms with Crippen molar-refractivity contribution in [2.45, 2.75) is 0 Å². The summed E-state index contributed by atoms with van der Waals surface area (Å²) >= 11 is 12.2. The molecular weight excluding hydrogens is 391 g/mol. The van der Waals surface area contributed by atoms with Crippen LogP contribution in [0.4, 0.5) is 0 Å². The molecule has 27 heavy (non-hydrogen) atoms. The maximum atomic E-state index is 12.9. The quantitative estimate of drug-likeness (QED) is 0.548. The lowest BCUT2D eigenvalue weighted by molar-refractivity contribution is 0.100. The highest BCUT2D eigenvalue weighted by atomic mass is 35.5. The Morgan fingerprint density at radius 3 is 2.67 bits per heavy atom. The number of nitrogens with zero attached hydrogens (tertiary/aromatic N) is 2. The van der Waals surface area contributed by atoms with Gasteiger partial charge in [0.05, 0.1) is 28.7 Å². The number of halogens is 2. The number of ether oxygens (including phenoxy) is 1. The van der Waals surface area contributed by atoms with Gasteiger partial charge in [0.25, 0.3) is 11.5 Å². The number of amides is 1. The van der Waals surface area contributed by atoms with E-state index in [1.54, 1.807) is 30.3 Å². The number of aromatic amines is 1. The molecule has 0 spiro atoms. The number of benzene rings is 2. The van der Waals surface area contributed by atoms with Crippen molar-refractivity contribution in [3.05, 3.63) is 62.4 Å². The minimum absolute atomic E-state index is 0.0639. The third-order valence-electron chi connectivity index (χ3n) is 4.22. The molecule has 1 amide bonds. The zero-order valence-electron chi connectivity index (χ0n) is 13.9. The van der Waals surface area contributed by atoms with E-state index >= 15 is 0 Å². The van der Waals surface area contributed by atoms with Gasteiger partial charge < -0.3 is 10.5 Å². The van der Waals surface area contributed by atoms with Crippen molar-refractivity contribution in [2.24, 2.45) is 5.73 Å². The van der Waals surface area contributed by atoms with Crippen molar-refractivity contribution >= 4 is 45.7 Å². The van der Waals surface area contributed by atoms with Crippen LogP contribution in [0.1, 0.15) is 10.4 Å². The minimum Gasteiger partial charge on any atom is -0.497 e. The van der Waals surface area contributed by atoms with Crippen molar-refractivity contribution in [2.75, 3.05) is 7.11 Å². The Bertz CT molecular complexity index is 1290. The number of nitrogens with two attached hydrogens (primary N) is 1. The second kappa shape index (κ2) is 6.29. The lowest BCUT2D eigenvalue weighted by Crippen LogP contribution is -2.17. The van der Waals surface area contributed by atoms with Crippen LogP contribution in [0.5, 0.6) is 5.75 Å². The standard InChI is InChI=1S/C18H12Cl2N4O3/c1-27-9-3-5-13-11(7-9)18(26)24-17(22-13)14(16(21)25)15(23-24)10-4-2-8(19)6-12(10)20/h2-7,23H,1H3,(H2,21,25). The molecular formula is C18H12Cl2N4O3. The van der Waals surface area contributed by atoms with Crippen LogP contribution < -0.4 is 16.0 Å². The van der Waals surface area contributed by atoms with Crippen LogP contribution in [-0.2, 0) is 0 Å². The van der Waals surface area contributed by atoms with Crippen molar-refractivity contribution < 1.29 is 9.53 Å². The van der Waals surface area contributed by atoms with Gasteiger partial charge in [0.1, 0.15) is 11.3 Å². The maximum Gasteiger partial charge on any atom is 0.280 e. The lowest BCUT2D eigenvalue weighted by Gasteiger charge is -2.04. The Morgan fingerprint density at radius 1 is 1.22 bits per heavy atom. The van der Waals surface area contributed by atoms with E-state index in [9.17, 15) is 9.59 Å². The SMILES string of the molecule is COc1ccc2nc3c(C(N)=O)c(-c4ccc(Cl)cc4Cl)[nH]n3c(=O)c2c1. The van der Waals surface area contributed by atoms with E-state index in [2.05, 4.69) is 10.1 Å². The van der Waals surface area contributed by atoms with E-state index in [0.29, 0.717) is 32.3 Å². The average Bonchev–Trinajstić information content (AvgIpc) is 3.01. The number of hydrogen-bond donors (Lipinski definition) is 2. The van der Waals surface area contributed by atoms with Gasteiger partial charge in [0.2, 0.25) is 0 Å². The first kappa shape index (κ1) is 17.4. The first-order chi connectivity index (χ1) is 12.9. The summed E-state index contributed by atoms with van der Waals surface area (Å²) in [5, 5.41) is 3.96. The molecule has 7 nitrogen and oxygen atoms in total. The molecule has 9 heteroatoms. The number of hydrogen-bond acceptors (Lipinski definition) is 4. The van der Waals surface area contributed by atoms with Gasteiger partial charge in [-0.3, -0.25) is 14.7 Å². The van der Waals surface area contributed by atoms with Crippen LogP contribution in [0.15, 0.2) is 41.2 Å². The minimum atomic E-state index is -0.741. The molecule has 0 aliphatic rings. The second-order valence-electron chi connectivity index (χ2n) is 5.81. The Kier molecular flexibility index (Phi) is 4.05. The number of H-pyrrole nitrogens is 1. The first-order valence-corrected chi connectivity index (χ1v) is 8.54. The summed E-state index contributed by atoms with van der Waals surface area (Å²) < 4.78 is 6.33. The van der Waals surface area contributed by atoms with Crippen LogP contribution in [-0.4, -0.2) is 27.6 Å². The fourth-order valence-corrected chi connectivity index (χ4v) is 3.47. The van der Waals surface area contributed by atoms with E-state index in [1.165, 1.54) is 17.7 Å². The molecule has 0 aliphatic heterocycles. The molecule has 0 atom stereocenters. The Labute approximate surface area is 162 Å². The topological polar surface area (TPSA) is 102 Å². The molecule has 0 unspecified atom stereocenters. The third kappa shape index (κ3) is 2.72. The molecule has 4 rings (SSSR count). The predicted molar refractivity (Wildman–Crippen MR) is 104 cm³/mol. The smallest absolute Gasteiger partial charge is 0.280 e. The normalized spacial score (nSPS) is 11.2. The fraction of sp³-hybridized carbons (Fsp3) is 0.0556. The number of fused-ring (bicyclic) bond motifs is 2. The van der Waals surface area contributed by atoms with E-state index in [4.69, 9.17) is 33.7 Å². The summed E-state index contributed by atoms with van der Waals surface area (Å²) in [6.45, 7) is 0. The molecule has 2 aromatic carbocycles.